The molecule has 3 heteroatoms. The lowest BCUT2D eigenvalue weighted by Gasteiger charge is -2.08. The van der Waals surface area contributed by atoms with Crippen LogP contribution in [0.25, 0.3) is 0 Å². The molecule has 15 heavy (non-hydrogen) atoms. The molecule has 0 bridgehead atoms. The fraction of sp³-hybridized carbons (Fsp3) is 0.500. The zero-order valence-electron chi connectivity index (χ0n) is 8.83. The third-order valence-corrected chi connectivity index (χ3v) is 2.39. The predicted octanol–water partition coefficient (Wildman–Crippen LogP) is 3.01. The van der Waals surface area contributed by atoms with Crippen LogP contribution in [0.3, 0.4) is 0 Å². The molecule has 0 radical (unpaired) electrons. The highest BCUT2D eigenvalue weighted by Crippen LogP contribution is 2.30. The van der Waals surface area contributed by atoms with Crippen LogP contribution in [0.5, 0.6) is 11.5 Å². The first-order chi connectivity index (χ1) is 7.29. The highest BCUT2D eigenvalue weighted by Gasteiger charge is 2.22. The van der Waals surface area contributed by atoms with Crippen LogP contribution >= 0.6 is 0 Å². The Morgan fingerprint density at radius 3 is 2.73 bits per heavy atom. The van der Waals surface area contributed by atoms with E-state index in [1.54, 1.807) is 12.1 Å². The highest BCUT2D eigenvalue weighted by molar-refractivity contribution is 5.33. The molecule has 0 spiro atoms. The molecule has 1 aliphatic carbocycles. The SMILES string of the molecule is CCOc1ccc(OCC2CC2)cc1F. The Hall–Kier alpha value is -1.25. The van der Waals surface area contributed by atoms with Crippen LogP contribution in [0.4, 0.5) is 4.39 Å². The van der Waals surface area contributed by atoms with Crippen molar-refractivity contribution in [3.63, 3.8) is 0 Å². The molecule has 0 atom stereocenters. The second kappa shape index (κ2) is 4.51. The predicted molar refractivity (Wildman–Crippen MR) is 55.8 cm³/mol. The smallest absolute Gasteiger partial charge is 0.168 e. The Morgan fingerprint density at radius 2 is 2.13 bits per heavy atom. The van der Waals surface area contributed by atoms with E-state index >= 15 is 0 Å². The van der Waals surface area contributed by atoms with Crippen molar-refractivity contribution in [3.05, 3.63) is 24.0 Å². The zero-order valence-corrected chi connectivity index (χ0v) is 8.83. The normalized spacial score (nSPS) is 15.1. The molecule has 0 unspecified atom stereocenters. The highest BCUT2D eigenvalue weighted by atomic mass is 19.1. The van der Waals surface area contributed by atoms with E-state index < -0.39 is 0 Å². The largest absolute Gasteiger partial charge is 0.493 e. The number of benzene rings is 1. The summed E-state index contributed by atoms with van der Waals surface area (Å²) in [7, 11) is 0. The van der Waals surface area contributed by atoms with Gasteiger partial charge >= 0.3 is 0 Å². The summed E-state index contributed by atoms with van der Waals surface area (Å²) in [5.74, 6) is 1.20. The van der Waals surface area contributed by atoms with Gasteiger partial charge in [-0.05, 0) is 37.8 Å². The molecular weight excluding hydrogens is 195 g/mol. The summed E-state index contributed by atoms with van der Waals surface area (Å²) in [6.45, 7) is 3.00. The molecule has 0 aromatic heterocycles. The maximum absolute atomic E-state index is 13.4. The molecule has 0 aliphatic heterocycles. The third kappa shape index (κ3) is 2.85. The van der Waals surface area contributed by atoms with E-state index in [0.29, 0.717) is 24.9 Å². The van der Waals surface area contributed by atoms with Gasteiger partial charge in [-0.1, -0.05) is 0 Å². The van der Waals surface area contributed by atoms with Crippen molar-refractivity contribution in [1.82, 2.24) is 0 Å². The van der Waals surface area contributed by atoms with Gasteiger partial charge in [0.15, 0.2) is 11.6 Å². The minimum atomic E-state index is -0.356. The van der Waals surface area contributed by atoms with Crippen LogP contribution in [0.1, 0.15) is 19.8 Å². The Kier molecular flexibility index (Phi) is 3.09. The minimum Gasteiger partial charge on any atom is -0.493 e. The first-order valence-corrected chi connectivity index (χ1v) is 5.34. The van der Waals surface area contributed by atoms with Crippen LogP contribution in [0.2, 0.25) is 0 Å². The van der Waals surface area contributed by atoms with Crippen LogP contribution in [-0.2, 0) is 0 Å². The quantitative estimate of drug-likeness (QED) is 0.743. The summed E-state index contributed by atoms with van der Waals surface area (Å²) < 4.78 is 23.9. The van der Waals surface area contributed by atoms with E-state index in [1.165, 1.54) is 18.9 Å². The van der Waals surface area contributed by atoms with Gasteiger partial charge in [-0.15, -0.1) is 0 Å². The second-order valence-corrected chi connectivity index (χ2v) is 3.78. The fourth-order valence-corrected chi connectivity index (χ4v) is 1.34. The molecule has 1 fully saturated rings. The summed E-state index contributed by atoms with van der Waals surface area (Å²) in [6, 6.07) is 4.74. The van der Waals surface area contributed by atoms with E-state index in [2.05, 4.69) is 0 Å². The van der Waals surface area contributed by atoms with Crippen molar-refractivity contribution in [1.29, 1.82) is 0 Å². The molecule has 1 aliphatic rings. The average Bonchev–Trinajstić information content (AvgIpc) is 3.03. The molecule has 1 aromatic rings. The minimum absolute atomic E-state index is 0.288. The van der Waals surface area contributed by atoms with Crippen molar-refractivity contribution < 1.29 is 13.9 Å². The molecule has 0 amide bonds. The van der Waals surface area contributed by atoms with Crippen molar-refractivity contribution in [2.45, 2.75) is 19.8 Å². The first kappa shape index (κ1) is 10.3. The Labute approximate surface area is 89.0 Å². The fourth-order valence-electron chi connectivity index (χ4n) is 1.34. The van der Waals surface area contributed by atoms with E-state index in [9.17, 15) is 4.39 Å². The van der Waals surface area contributed by atoms with E-state index in [4.69, 9.17) is 9.47 Å². The van der Waals surface area contributed by atoms with Gasteiger partial charge in [-0.3, -0.25) is 0 Å². The standard InChI is InChI=1S/C12H15FO2/c1-2-14-12-6-5-10(7-11(12)13)15-8-9-3-4-9/h5-7,9H,2-4,8H2,1H3. The third-order valence-electron chi connectivity index (χ3n) is 2.39. The van der Waals surface area contributed by atoms with Crippen molar-refractivity contribution in [2.24, 2.45) is 5.92 Å². The molecule has 2 rings (SSSR count). The average molecular weight is 210 g/mol. The van der Waals surface area contributed by atoms with E-state index in [1.807, 2.05) is 6.92 Å². The van der Waals surface area contributed by atoms with Gasteiger partial charge in [-0.2, -0.15) is 0 Å². The zero-order chi connectivity index (χ0) is 10.7. The lowest BCUT2D eigenvalue weighted by atomic mass is 10.3. The van der Waals surface area contributed by atoms with Gasteiger partial charge in [0.1, 0.15) is 5.75 Å². The Bertz CT molecular complexity index is 334. The Morgan fingerprint density at radius 1 is 1.33 bits per heavy atom. The van der Waals surface area contributed by atoms with Gasteiger partial charge in [0.05, 0.1) is 13.2 Å². The molecule has 0 heterocycles. The van der Waals surface area contributed by atoms with Gasteiger partial charge in [0, 0.05) is 6.07 Å². The maximum atomic E-state index is 13.4. The lowest BCUT2D eigenvalue weighted by Crippen LogP contribution is -2.00. The molecule has 82 valence electrons. The molecule has 1 aromatic carbocycles. The molecular formula is C12H15FO2. The molecule has 1 saturated carbocycles. The number of halogens is 1. The monoisotopic (exact) mass is 210 g/mol. The number of hydrogen-bond donors (Lipinski definition) is 0. The van der Waals surface area contributed by atoms with Gasteiger partial charge < -0.3 is 9.47 Å². The summed E-state index contributed by atoms with van der Waals surface area (Å²) >= 11 is 0. The van der Waals surface area contributed by atoms with Crippen LogP contribution in [-0.4, -0.2) is 13.2 Å². The first-order valence-electron chi connectivity index (χ1n) is 5.34. The van der Waals surface area contributed by atoms with Gasteiger partial charge in [-0.25, -0.2) is 4.39 Å². The van der Waals surface area contributed by atoms with Crippen molar-refractivity contribution in [2.75, 3.05) is 13.2 Å². The van der Waals surface area contributed by atoms with Gasteiger partial charge in [0.25, 0.3) is 0 Å². The summed E-state index contributed by atoms with van der Waals surface area (Å²) in [4.78, 5) is 0. The van der Waals surface area contributed by atoms with Gasteiger partial charge in [0.2, 0.25) is 0 Å². The van der Waals surface area contributed by atoms with Crippen molar-refractivity contribution >= 4 is 0 Å². The summed E-state index contributed by atoms with van der Waals surface area (Å²) in [6.07, 6.45) is 2.47. The maximum Gasteiger partial charge on any atom is 0.168 e. The lowest BCUT2D eigenvalue weighted by molar-refractivity contribution is 0.292. The van der Waals surface area contributed by atoms with Crippen LogP contribution in [0, 0.1) is 11.7 Å². The van der Waals surface area contributed by atoms with E-state index in [-0.39, 0.29) is 11.6 Å². The second-order valence-electron chi connectivity index (χ2n) is 3.78. The number of hydrogen-bond acceptors (Lipinski definition) is 2. The number of ether oxygens (including phenoxy) is 2. The molecule has 2 nitrogen and oxygen atoms in total. The topological polar surface area (TPSA) is 18.5 Å². The Balaban J connectivity index is 1.96. The molecule has 0 saturated heterocycles. The summed E-state index contributed by atoms with van der Waals surface area (Å²) in [5, 5.41) is 0. The van der Waals surface area contributed by atoms with Crippen LogP contribution in [0.15, 0.2) is 18.2 Å². The van der Waals surface area contributed by atoms with E-state index in [0.717, 1.165) is 0 Å². The molecule has 0 N–H and O–H groups in total. The number of rotatable bonds is 5. The van der Waals surface area contributed by atoms with Crippen molar-refractivity contribution in [3.8, 4) is 11.5 Å². The summed E-state index contributed by atoms with van der Waals surface area (Å²) in [5.41, 5.74) is 0. The van der Waals surface area contributed by atoms with Crippen LogP contribution < -0.4 is 9.47 Å².